The molecule has 0 aliphatic rings. The molecule has 0 spiro atoms. The van der Waals surface area contributed by atoms with Gasteiger partial charge < -0.3 is 9.88 Å². The number of thioether (sulfide) groups is 1. The molecule has 3 aromatic carbocycles. The van der Waals surface area contributed by atoms with E-state index in [2.05, 4.69) is 5.32 Å². The molecule has 0 unspecified atom stereocenters. The van der Waals surface area contributed by atoms with Crippen LogP contribution in [0, 0.1) is 5.82 Å². The molecule has 0 bridgehead atoms. The summed E-state index contributed by atoms with van der Waals surface area (Å²) in [5.74, 6) is 0.690. The Balaban J connectivity index is 1.58. The topological polar surface area (TPSA) is 46.9 Å². The Morgan fingerprint density at radius 1 is 0.964 bits per heavy atom. The Hall–Kier alpha value is -3.12. The molecule has 1 aromatic heterocycles. The van der Waals surface area contributed by atoms with Gasteiger partial charge in [-0.05, 0) is 36.4 Å². The van der Waals surface area contributed by atoms with Crippen LogP contribution in [0.1, 0.15) is 5.82 Å². The number of halogens is 1. The number of para-hydroxylation sites is 3. The molecule has 0 aliphatic carbocycles. The fraction of sp³-hybridized carbons (Fsp3) is 0.0909. The van der Waals surface area contributed by atoms with Crippen LogP contribution in [0.3, 0.4) is 0 Å². The smallest absolute Gasteiger partial charge is 0.244 e. The molecule has 0 atom stereocenters. The summed E-state index contributed by atoms with van der Waals surface area (Å²) in [6, 6.07) is 23.9. The second-order valence-corrected chi connectivity index (χ2v) is 7.28. The minimum absolute atomic E-state index is 0.0690. The molecular formula is C22H18FN3OS. The number of nitrogens with zero attached hydrogens (tertiary/aromatic N) is 2. The van der Waals surface area contributed by atoms with E-state index in [0.29, 0.717) is 5.75 Å². The normalized spacial score (nSPS) is 10.9. The van der Waals surface area contributed by atoms with Crippen molar-refractivity contribution in [2.24, 2.45) is 0 Å². The molecule has 4 rings (SSSR count). The fourth-order valence-corrected chi connectivity index (χ4v) is 3.84. The zero-order valence-electron chi connectivity index (χ0n) is 15.0. The van der Waals surface area contributed by atoms with Gasteiger partial charge in [0, 0.05) is 4.90 Å². The molecule has 140 valence electrons. The van der Waals surface area contributed by atoms with E-state index in [4.69, 9.17) is 4.98 Å². The third-order valence-corrected chi connectivity index (χ3v) is 5.30. The predicted octanol–water partition coefficient (Wildman–Crippen LogP) is 5.11. The zero-order chi connectivity index (χ0) is 19.3. The van der Waals surface area contributed by atoms with Gasteiger partial charge in [0.15, 0.2) is 0 Å². The number of amides is 1. The standard InChI is InChI=1S/C22H18FN3OS/c23-17-10-4-5-11-18(17)25-22(27)14-26-20-13-7-6-12-19(20)24-21(26)15-28-16-8-2-1-3-9-16/h1-13H,14-15H2,(H,25,27). The highest BCUT2D eigenvalue weighted by atomic mass is 32.2. The molecule has 1 heterocycles. The van der Waals surface area contributed by atoms with Gasteiger partial charge in [-0.3, -0.25) is 4.79 Å². The first-order valence-electron chi connectivity index (χ1n) is 8.87. The van der Waals surface area contributed by atoms with Gasteiger partial charge in [-0.2, -0.15) is 0 Å². The molecule has 4 aromatic rings. The Bertz CT molecular complexity index is 1110. The lowest BCUT2D eigenvalue weighted by Crippen LogP contribution is -2.20. The van der Waals surface area contributed by atoms with Crippen molar-refractivity contribution < 1.29 is 9.18 Å². The van der Waals surface area contributed by atoms with Crippen LogP contribution < -0.4 is 5.32 Å². The predicted molar refractivity (Wildman–Crippen MR) is 111 cm³/mol. The third-order valence-electron chi connectivity index (χ3n) is 4.29. The van der Waals surface area contributed by atoms with Crippen molar-refractivity contribution >= 4 is 34.4 Å². The fourth-order valence-electron chi connectivity index (χ4n) is 2.97. The van der Waals surface area contributed by atoms with Crippen molar-refractivity contribution in [2.45, 2.75) is 17.2 Å². The molecule has 1 N–H and O–H groups in total. The van der Waals surface area contributed by atoms with Gasteiger partial charge in [-0.25, -0.2) is 9.37 Å². The van der Waals surface area contributed by atoms with Gasteiger partial charge in [0.05, 0.1) is 22.5 Å². The van der Waals surface area contributed by atoms with Crippen LogP contribution in [0.2, 0.25) is 0 Å². The molecule has 6 heteroatoms. The summed E-state index contributed by atoms with van der Waals surface area (Å²) in [4.78, 5) is 18.4. The molecule has 0 saturated heterocycles. The highest BCUT2D eigenvalue weighted by Gasteiger charge is 2.15. The second kappa shape index (κ2) is 8.27. The third kappa shape index (κ3) is 4.07. The van der Waals surface area contributed by atoms with Crippen molar-refractivity contribution in [3.63, 3.8) is 0 Å². The van der Waals surface area contributed by atoms with Gasteiger partial charge in [0.2, 0.25) is 5.91 Å². The summed E-state index contributed by atoms with van der Waals surface area (Å²) < 4.78 is 15.7. The van der Waals surface area contributed by atoms with E-state index in [1.54, 1.807) is 30.0 Å². The van der Waals surface area contributed by atoms with Crippen LogP contribution in [-0.4, -0.2) is 15.5 Å². The molecular weight excluding hydrogens is 373 g/mol. The lowest BCUT2D eigenvalue weighted by molar-refractivity contribution is -0.116. The van der Waals surface area contributed by atoms with E-state index in [9.17, 15) is 9.18 Å². The minimum Gasteiger partial charge on any atom is -0.322 e. The number of carbonyl (C=O) groups excluding carboxylic acids is 1. The number of carbonyl (C=O) groups is 1. The van der Waals surface area contributed by atoms with Crippen LogP contribution in [0.4, 0.5) is 10.1 Å². The van der Waals surface area contributed by atoms with Crippen LogP contribution >= 0.6 is 11.8 Å². The van der Waals surface area contributed by atoms with Crippen LogP contribution in [0.25, 0.3) is 11.0 Å². The number of hydrogen-bond donors (Lipinski definition) is 1. The van der Waals surface area contributed by atoms with Gasteiger partial charge in [0.1, 0.15) is 18.2 Å². The number of benzene rings is 3. The van der Waals surface area contributed by atoms with Crippen LogP contribution in [-0.2, 0) is 17.1 Å². The number of nitrogens with one attached hydrogen (secondary N) is 1. The maximum Gasteiger partial charge on any atom is 0.244 e. The number of hydrogen-bond acceptors (Lipinski definition) is 3. The monoisotopic (exact) mass is 391 g/mol. The van der Waals surface area contributed by atoms with Crippen molar-refractivity contribution in [1.29, 1.82) is 0 Å². The maximum absolute atomic E-state index is 13.8. The van der Waals surface area contributed by atoms with Crippen molar-refractivity contribution in [3.8, 4) is 0 Å². The van der Waals surface area contributed by atoms with Gasteiger partial charge in [0.25, 0.3) is 0 Å². The maximum atomic E-state index is 13.8. The summed E-state index contributed by atoms with van der Waals surface area (Å²) in [5.41, 5.74) is 1.90. The quantitative estimate of drug-likeness (QED) is 0.465. The number of imidazole rings is 1. The summed E-state index contributed by atoms with van der Waals surface area (Å²) in [6.07, 6.45) is 0. The summed E-state index contributed by atoms with van der Waals surface area (Å²) in [5, 5.41) is 2.64. The first-order chi connectivity index (χ1) is 13.7. The average molecular weight is 391 g/mol. The average Bonchev–Trinajstić information content (AvgIpc) is 3.06. The summed E-state index contributed by atoms with van der Waals surface area (Å²) in [6.45, 7) is 0.0690. The van der Waals surface area contributed by atoms with Gasteiger partial charge in [-0.1, -0.05) is 42.5 Å². The lowest BCUT2D eigenvalue weighted by atomic mass is 10.3. The molecule has 0 saturated carbocycles. The summed E-state index contributed by atoms with van der Waals surface area (Å²) in [7, 11) is 0. The highest BCUT2D eigenvalue weighted by Crippen LogP contribution is 2.25. The molecule has 28 heavy (non-hydrogen) atoms. The number of aromatic nitrogens is 2. The highest BCUT2D eigenvalue weighted by molar-refractivity contribution is 7.98. The van der Waals surface area contributed by atoms with E-state index < -0.39 is 5.82 Å². The molecule has 1 amide bonds. The SMILES string of the molecule is O=C(Cn1c(CSc2ccccc2)nc2ccccc21)Nc1ccccc1F. The Morgan fingerprint density at radius 2 is 1.68 bits per heavy atom. The number of rotatable bonds is 6. The van der Waals surface area contributed by atoms with Crippen LogP contribution in [0.15, 0.2) is 83.8 Å². The molecule has 0 aliphatic heterocycles. The van der Waals surface area contributed by atoms with Crippen LogP contribution in [0.5, 0.6) is 0 Å². The van der Waals surface area contributed by atoms with Crippen molar-refractivity contribution in [1.82, 2.24) is 9.55 Å². The Morgan fingerprint density at radius 3 is 2.50 bits per heavy atom. The van der Waals surface area contributed by atoms with E-state index in [-0.39, 0.29) is 18.1 Å². The first-order valence-corrected chi connectivity index (χ1v) is 9.85. The largest absolute Gasteiger partial charge is 0.322 e. The Labute approximate surface area is 166 Å². The van der Waals surface area contributed by atoms with Crippen molar-refractivity contribution in [2.75, 3.05) is 5.32 Å². The number of anilines is 1. The first kappa shape index (κ1) is 18.3. The zero-order valence-corrected chi connectivity index (χ0v) is 15.8. The number of fused-ring (bicyclic) bond motifs is 1. The van der Waals surface area contributed by atoms with E-state index in [1.807, 2.05) is 59.2 Å². The van der Waals surface area contributed by atoms with E-state index >= 15 is 0 Å². The summed E-state index contributed by atoms with van der Waals surface area (Å²) >= 11 is 1.66. The van der Waals surface area contributed by atoms with Gasteiger partial charge >= 0.3 is 0 Å². The second-order valence-electron chi connectivity index (χ2n) is 6.23. The van der Waals surface area contributed by atoms with Gasteiger partial charge in [-0.15, -0.1) is 11.8 Å². The molecule has 4 nitrogen and oxygen atoms in total. The van der Waals surface area contributed by atoms with Crippen molar-refractivity contribution in [3.05, 3.63) is 90.5 Å². The van der Waals surface area contributed by atoms with E-state index in [0.717, 1.165) is 21.8 Å². The lowest BCUT2D eigenvalue weighted by Gasteiger charge is -2.10. The Kier molecular flexibility index (Phi) is 5.39. The van der Waals surface area contributed by atoms with E-state index in [1.165, 1.54) is 6.07 Å². The minimum atomic E-state index is -0.453. The molecule has 0 fully saturated rings. The molecule has 0 radical (unpaired) electrons.